The summed E-state index contributed by atoms with van der Waals surface area (Å²) in [6.07, 6.45) is 2.98. The molecule has 1 saturated heterocycles. The zero-order chi connectivity index (χ0) is 15.6. The molecule has 2 rings (SSSR count). The molecule has 0 bridgehead atoms. The first-order chi connectivity index (χ1) is 9.92. The van der Waals surface area contributed by atoms with Gasteiger partial charge in [-0.2, -0.15) is 5.10 Å². The summed E-state index contributed by atoms with van der Waals surface area (Å²) in [5.41, 5.74) is -0.834. The quantitative estimate of drug-likeness (QED) is 0.867. The molecule has 0 spiro atoms. The number of amides is 2. The molecule has 2 atom stereocenters. The van der Waals surface area contributed by atoms with Crippen molar-refractivity contribution in [1.29, 1.82) is 0 Å². The molecule has 0 aliphatic carbocycles. The molecule has 7 heteroatoms. The van der Waals surface area contributed by atoms with Gasteiger partial charge in [0, 0.05) is 6.54 Å². The van der Waals surface area contributed by atoms with Crippen molar-refractivity contribution in [2.45, 2.75) is 65.2 Å². The standard InChI is InChI=1S/C14H23N5O2/c1-5-7-19-11(15-9-16-19)8-18-10(3)12(20)17-14(4,6-2)13(18)21/h9-10H,5-8H2,1-4H3,(H,17,20). The van der Waals surface area contributed by atoms with Gasteiger partial charge in [0.2, 0.25) is 11.8 Å². The average molecular weight is 293 g/mol. The highest BCUT2D eigenvalue weighted by molar-refractivity contribution is 5.99. The molecular weight excluding hydrogens is 270 g/mol. The van der Waals surface area contributed by atoms with Crippen LogP contribution in [0.5, 0.6) is 0 Å². The summed E-state index contributed by atoms with van der Waals surface area (Å²) in [7, 11) is 0. The predicted molar refractivity (Wildman–Crippen MR) is 77.2 cm³/mol. The zero-order valence-electron chi connectivity index (χ0n) is 13.1. The molecule has 1 aromatic heterocycles. The number of rotatable bonds is 5. The van der Waals surface area contributed by atoms with Crippen LogP contribution in [0.25, 0.3) is 0 Å². The van der Waals surface area contributed by atoms with Crippen molar-refractivity contribution in [2.75, 3.05) is 0 Å². The van der Waals surface area contributed by atoms with Crippen molar-refractivity contribution >= 4 is 11.8 Å². The summed E-state index contributed by atoms with van der Waals surface area (Å²) in [4.78, 5) is 30.6. The molecule has 1 aromatic rings. The Bertz CT molecular complexity index is 541. The van der Waals surface area contributed by atoms with E-state index in [1.165, 1.54) is 6.33 Å². The van der Waals surface area contributed by atoms with Gasteiger partial charge in [-0.25, -0.2) is 9.67 Å². The number of aromatic nitrogens is 3. The minimum Gasteiger partial charge on any atom is -0.340 e. The first kappa shape index (κ1) is 15.5. The Morgan fingerprint density at radius 3 is 2.71 bits per heavy atom. The molecule has 2 heterocycles. The van der Waals surface area contributed by atoms with Crippen LogP contribution in [0.3, 0.4) is 0 Å². The Morgan fingerprint density at radius 2 is 2.10 bits per heavy atom. The molecule has 0 saturated carbocycles. The van der Waals surface area contributed by atoms with Crippen LogP contribution >= 0.6 is 0 Å². The van der Waals surface area contributed by atoms with Crippen LogP contribution in [0.4, 0.5) is 0 Å². The van der Waals surface area contributed by atoms with E-state index in [1.54, 1.807) is 23.4 Å². The normalized spacial score (nSPS) is 26.1. The third kappa shape index (κ3) is 2.77. The molecule has 2 amide bonds. The molecule has 1 aliphatic rings. The van der Waals surface area contributed by atoms with Crippen LogP contribution in [-0.4, -0.2) is 43.1 Å². The van der Waals surface area contributed by atoms with Gasteiger partial charge in [-0.05, 0) is 26.7 Å². The monoisotopic (exact) mass is 293 g/mol. The Morgan fingerprint density at radius 1 is 1.38 bits per heavy atom. The number of nitrogens with zero attached hydrogens (tertiary/aromatic N) is 4. The smallest absolute Gasteiger partial charge is 0.249 e. The Balaban J connectivity index is 2.25. The predicted octanol–water partition coefficient (Wildman–Crippen LogP) is 0.704. The summed E-state index contributed by atoms with van der Waals surface area (Å²) in [6.45, 7) is 8.52. The molecule has 2 unspecified atom stereocenters. The van der Waals surface area contributed by atoms with Crippen LogP contribution in [0.1, 0.15) is 46.4 Å². The molecular formula is C14H23N5O2. The number of piperazine rings is 1. The first-order valence-electron chi connectivity index (χ1n) is 7.42. The van der Waals surface area contributed by atoms with Crippen LogP contribution in [0.2, 0.25) is 0 Å². The van der Waals surface area contributed by atoms with Crippen LogP contribution < -0.4 is 5.32 Å². The van der Waals surface area contributed by atoms with Gasteiger partial charge in [0.05, 0.1) is 6.54 Å². The van der Waals surface area contributed by atoms with Gasteiger partial charge in [-0.15, -0.1) is 0 Å². The van der Waals surface area contributed by atoms with Gasteiger partial charge in [-0.1, -0.05) is 13.8 Å². The number of aryl methyl sites for hydroxylation is 1. The lowest BCUT2D eigenvalue weighted by molar-refractivity contribution is -0.154. The summed E-state index contributed by atoms with van der Waals surface area (Å²) in [5, 5.41) is 6.98. The zero-order valence-corrected chi connectivity index (χ0v) is 13.1. The minimum atomic E-state index is -0.834. The Labute approximate surface area is 124 Å². The second kappa shape index (κ2) is 5.83. The molecule has 7 nitrogen and oxygen atoms in total. The van der Waals surface area contributed by atoms with E-state index >= 15 is 0 Å². The topological polar surface area (TPSA) is 80.1 Å². The van der Waals surface area contributed by atoms with E-state index in [1.807, 2.05) is 6.92 Å². The molecule has 0 radical (unpaired) electrons. The largest absolute Gasteiger partial charge is 0.340 e. The van der Waals surface area contributed by atoms with Crippen LogP contribution in [0, 0.1) is 0 Å². The fourth-order valence-electron chi connectivity index (χ4n) is 2.47. The van der Waals surface area contributed by atoms with E-state index < -0.39 is 11.6 Å². The highest BCUT2D eigenvalue weighted by Crippen LogP contribution is 2.22. The van der Waals surface area contributed by atoms with Gasteiger partial charge in [0.1, 0.15) is 23.7 Å². The number of hydrogen-bond donors (Lipinski definition) is 1. The maximum atomic E-state index is 12.7. The summed E-state index contributed by atoms with van der Waals surface area (Å²) < 4.78 is 1.79. The van der Waals surface area contributed by atoms with E-state index in [9.17, 15) is 9.59 Å². The maximum absolute atomic E-state index is 12.7. The molecule has 1 aliphatic heterocycles. The van der Waals surface area contributed by atoms with E-state index in [2.05, 4.69) is 22.3 Å². The summed E-state index contributed by atoms with van der Waals surface area (Å²) in [6, 6.07) is -0.496. The number of carbonyl (C=O) groups excluding carboxylic acids is 2. The third-order valence-electron chi connectivity index (χ3n) is 4.13. The molecule has 1 N–H and O–H groups in total. The lowest BCUT2D eigenvalue weighted by Crippen LogP contribution is -2.68. The van der Waals surface area contributed by atoms with Gasteiger partial charge in [0.25, 0.3) is 0 Å². The number of nitrogens with one attached hydrogen (secondary N) is 1. The van der Waals surface area contributed by atoms with E-state index in [0.29, 0.717) is 18.8 Å². The van der Waals surface area contributed by atoms with Crippen LogP contribution in [0.15, 0.2) is 6.33 Å². The minimum absolute atomic E-state index is 0.0665. The molecule has 21 heavy (non-hydrogen) atoms. The average Bonchev–Trinajstić information content (AvgIpc) is 2.89. The van der Waals surface area contributed by atoms with E-state index in [-0.39, 0.29) is 11.8 Å². The van der Waals surface area contributed by atoms with Crippen molar-refractivity contribution in [3.63, 3.8) is 0 Å². The Hall–Kier alpha value is -1.92. The van der Waals surface area contributed by atoms with E-state index in [0.717, 1.165) is 13.0 Å². The van der Waals surface area contributed by atoms with Crippen LogP contribution in [-0.2, 0) is 22.7 Å². The SMILES string of the molecule is CCCn1ncnc1CN1C(=O)C(C)(CC)NC(=O)C1C. The maximum Gasteiger partial charge on any atom is 0.249 e. The first-order valence-corrected chi connectivity index (χ1v) is 7.42. The van der Waals surface area contributed by atoms with Crippen molar-refractivity contribution in [2.24, 2.45) is 0 Å². The van der Waals surface area contributed by atoms with Gasteiger partial charge in [-0.3, -0.25) is 9.59 Å². The molecule has 1 fully saturated rings. The van der Waals surface area contributed by atoms with Crippen molar-refractivity contribution < 1.29 is 9.59 Å². The summed E-state index contributed by atoms with van der Waals surface area (Å²) in [5.74, 6) is 0.522. The lowest BCUT2D eigenvalue weighted by atomic mass is 9.92. The van der Waals surface area contributed by atoms with Gasteiger partial charge < -0.3 is 10.2 Å². The van der Waals surface area contributed by atoms with Crippen molar-refractivity contribution in [3.05, 3.63) is 12.2 Å². The lowest BCUT2D eigenvalue weighted by Gasteiger charge is -2.42. The molecule has 116 valence electrons. The second-order valence-electron chi connectivity index (χ2n) is 5.68. The molecule has 0 aromatic carbocycles. The third-order valence-corrected chi connectivity index (χ3v) is 4.13. The van der Waals surface area contributed by atoms with Crippen molar-refractivity contribution in [1.82, 2.24) is 25.0 Å². The number of carbonyl (C=O) groups is 2. The summed E-state index contributed by atoms with van der Waals surface area (Å²) >= 11 is 0. The Kier molecular flexibility index (Phi) is 4.29. The fourth-order valence-corrected chi connectivity index (χ4v) is 2.47. The van der Waals surface area contributed by atoms with Gasteiger partial charge in [0.15, 0.2) is 0 Å². The van der Waals surface area contributed by atoms with E-state index in [4.69, 9.17) is 0 Å². The highest BCUT2D eigenvalue weighted by atomic mass is 16.2. The van der Waals surface area contributed by atoms with Gasteiger partial charge >= 0.3 is 0 Å². The fraction of sp³-hybridized carbons (Fsp3) is 0.714. The number of hydrogen-bond acceptors (Lipinski definition) is 4. The highest BCUT2D eigenvalue weighted by Gasteiger charge is 2.45. The van der Waals surface area contributed by atoms with Crippen molar-refractivity contribution in [3.8, 4) is 0 Å². The second-order valence-corrected chi connectivity index (χ2v) is 5.68.